The number of rotatable bonds is 3. The summed E-state index contributed by atoms with van der Waals surface area (Å²) in [6, 6.07) is 19.3. The van der Waals surface area contributed by atoms with Gasteiger partial charge in [-0.25, -0.2) is 0 Å². The number of methoxy groups -OCH3 is 1. The molecule has 0 fully saturated rings. The summed E-state index contributed by atoms with van der Waals surface area (Å²) in [6.07, 6.45) is 0.331. The molecule has 3 N–H and O–H groups in total. The smallest absolute Gasteiger partial charge is 0.309 e. The number of nitrogen functional groups attached to an aromatic ring is 1. The predicted octanol–water partition coefficient (Wildman–Crippen LogP) is 3.07. The van der Waals surface area contributed by atoms with E-state index < -0.39 is 10.1 Å². The molecule has 0 aliphatic heterocycles. The van der Waals surface area contributed by atoms with Crippen LogP contribution in [0.4, 0.5) is 5.69 Å². The average molecular weight is 373 g/mol. The zero-order valence-electron chi connectivity index (χ0n) is 14.1. The Bertz CT molecular complexity index is 993. The van der Waals surface area contributed by atoms with Crippen molar-refractivity contribution in [2.75, 3.05) is 12.8 Å². The first-order chi connectivity index (χ1) is 12.3. The van der Waals surface area contributed by atoms with Crippen molar-refractivity contribution in [1.82, 2.24) is 0 Å². The fourth-order valence-electron chi connectivity index (χ4n) is 2.31. The lowest BCUT2D eigenvalue weighted by atomic mass is 10.0. The minimum Gasteiger partial charge on any atom is -0.469 e. The standard InChI is InChI=1S/C13H12O2.C6H7NO3S/c1-15-13(14)9-11-7-4-6-10-5-2-3-8-12(10)11;7-5-1-3-6(4-2-5)11(8,9)10/h2-8H,9H2,1H3;1-4H,7H2,(H,8,9,10). The quantitative estimate of drug-likeness (QED) is 0.415. The highest BCUT2D eigenvalue weighted by Gasteiger charge is 2.07. The van der Waals surface area contributed by atoms with Crippen molar-refractivity contribution in [3.8, 4) is 0 Å². The third-order valence-electron chi connectivity index (χ3n) is 3.62. The van der Waals surface area contributed by atoms with E-state index in [-0.39, 0.29) is 10.9 Å². The normalized spacial score (nSPS) is 10.7. The lowest BCUT2D eigenvalue weighted by molar-refractivity contribution is -0.139. The number of esters is 1. The first kappa shape index (κ1) is 19.4. The molecule has 136 valence electrons. The van der Waals surface area contributed by atoms with Crippen molar-refractivity contribution in [3.63, 3.8) is 0 Å². The monoisotopic (exact) mass is 373 g/mol. The maximum Gasteiger partial charge on any atom is 0.309 e. The van der Waals surface area contributed by atoms with E-state index in [1.807, 2.05) is 42.5 Å². The van der Waals surface area contributed by atoms with Gasteiger partial charge in [-0.3, -0.25) is 9.35 Å². The second-order valence-electron chi connectivity index (χ2n) is 5.44. The van der Waals surface area contributed by atoms with Gasteiger partial charge in [0.2, 0.25) is 0 Å². The number of ether oxygens (including phenoxy) is 1. The summed E-state index contributed by atoms with van der Waals surface area (Å²) in [6.45, 7) is 0. The SMILES string of the molecule is COC(=O)Cc1cccc2ccccc12.Nc1ccc(S(=O)(=O)O)cc1. The number of carbonyl (C=O) groups excluding carboxylic acids is 1. The molecule has 0 amide bonds. The van der Waals surface area contributed by atoms with Crippen LogP contribution >= 0.6 is 0 Å². The molecule has 0 bridgehead atoms. The second-order valence-corrected chi connectivity index (χ2v) is 6.86. The molecule has 0 aliphatic carbocycles. The summed E-state index contributed by atoms with van der Waals surface area (Å²) in [5.74, 6) is -0.202. The van der Waals surface area contributed by atoms with Gasteiger partial charge in [0.1, 0.15) is 0 Å². The van der Waals surface area contributed by atoms with Crippen molar-refractivity contribution in [1.29, 1.82) is 0 Å². The molecule has 0 heterocycles. The zero-order chi connectivity index (χ0) is 19.2. The largest absolute Gasteiger partial charge is 0.469 e. The second kappa shape index (κ2) is 8.46. The van der Waals surface area contributed by atoms with E-state index in [0.29, 0.717) is 12.1 Å². The Hall–Kier alpha value is -2.90. The van der Waals surface area contributed by atoms with Gasteiger partial charge in [0.15, 0.2) is 0 Å². The molecule has 3 rings (SSSR count). The van der Waals surface area contributed by atoms with Gasteiger partial charge < -0.3 is 10.5 Å². The highest BCUT2D eigenvalue weighted by Crippen LogP contribution is 2.19. The molecular weight excluding hydrogens is 354 g/mol. The van der Waals surface area contributed by atoms with E-state index in [1.54, 1.807) is 0 Å². The van der Waals surface area contributed by atoms with Crippen LogP contribution in [0, 0.1) is 0 Å². The number of anilines is 1. The molecule has 0 saturated heterocycles. The number of hydrogen-bond donors (Lipinski definition) is 2. The van der Waals surface area contributed by atoms with Crippen LogP contribution in [0.1, 0.15) is 5.56 Å². The fourth-order valence-corrected chi connectivity index (χ4v) is 2.79. The molecule has 0 radical (unpaired) electrons. The minimum absolute atomic E-state index is 0.147. The van der Waals surface area contributed by atoms with E-state index in [0.717, 1.165) is 16.3 Å². The lowest BCUT2D eigenvalue weighted by Crippen LogP contribution is -2.04. The molecule has 0 atom stereocenters. The Morgan fingerprint density at radius 1 is 1.00 bits per heavy atom. The third-order valence-corrected chi connectivity index (χ3v) is 4.49. The number of benzene rings is 3. The van der Waals surface area contributed by atoms with E-state index >= 15 is 0 Å². The predicted molar refractivity (Wildman–Crippen MR) is 100 cm³/mol. The number of hydrogen-bond acceptors (Lipinski definition) is 5. The lowest BCUT2D eigenvalue weighted by Gasteiger charge is -2.04. The Morgan fingerprint density at radius 3 is 2.23 bits per heavy atom. The Kier molecular flexibility index (Phi) is 6.32. The molecule has 6 nitrogen and oxygen atoms in total. The highest BCUT2D eigenvalue weighted by molar-refractivity contribution is 7.85. The Balaban J connectivity index is 0.000000197. The topological polar surface area (TPSA) is 107 Å². The first-order valence-electron chi connectivity index (χ1n) is 7.68. The molecule has 0 spiro atoms. The van der Waals surface area contributed by atoms with Crippen LogP contribution in [-0.2, 0) is 26.1 Å². The highest BCUT2D eigenvalue weighted by atomic mass is 32.2. The van der Waals surface area contributed by atoms with Crippen LogP contribution in [-0.4, -0.2) is 26.0 Å². The van der Waals surface area contributed by atoms with Gasteiger partial charge in [0.05, 0.1) is 18.4 Å². The summed E-state index contributed by atoms with van der Waals surface area (Å²) >= 11 is 0. The molecule has 3 aromatic rings. The van der Waals surface area contributed by atoms with E-state index in [1.165, 1.54) is 31.4 Å². The maximum absolute atomic E-state index is 11.2. The summed E-state index contributed by atoms with van der Waals surface area (Å²) in [5, 5.41) is 2.27. The molecule has 0 aliphatic rings. The van der Waals surface area contributed by atoms with Crippen LogP contribution in [0.15, 0.2) is 71.6 Å². The van der Waals surface area contributed by atoms with Crippen molar-refractivity contribution >= 4 is 32.5 Å². The van der Waals surface area contributed by atoms with Crippen molar-refractivity contribution in [2.45, 2.75) is 11.3 Å². The van der Waals surface area contributed by atoms with Crippen molar-refractivity contribution < 1.29 is 22.5 Å². The summed E-state index contributed by atoms with van der Waals surface area (Å²) in [4.78, 5) is 11.1. The van der Waals surface area contributed by atoms with E-state index in [9.17, 15) is 13.2 Å². The first-order valence-corrected chi connectivity index (χ1v) is 9.12. The molecule has 0 unspecified atom stereocenters. The molecule has 26 heavy (non-hydrogen) atoms. The van der Waals surface area contributed by atoms with Crippen LogP contribution in [0.3, 0.4) is 0 Å². The fraction of sp³-hybridized carbons (Fsp3) is 0.105. The number of nitrogens with two attached hydrogens (primary N) is 1. The van der Waals surface area contributed by atoms with Gasteiger partial charge in [-0.15, -0.1) is 0 Å². The van der Waals surface area contributed by atoms with Gasteiger partial charge in [-0.1, -0.05) is 42.5 Å². The molecule has 0 aromatic heterocycles. The maximum atomic E-state index is 11.2. The number of carbonyl (C=O) groups is 1. The zero-order valence-corrected chi connectivity index (χ0v) is 14.9. The van der Waals surface area contributed by atoms with Crippen molar-refractivity contribution in [3.05, 3.63) is 72.3 Å². The van der Waals surface area contributed by atoms with E-state index in [4.69, 9.17) is 10.3 Å². The molecule has 3 aromatic carbocycles. The summed E-state index contributed by atoms with van der Waals surface area (Å²) in [7, 11) is -2.66. The molecular formula is C19H19NO5S. The minimum atomic E-state index is -4.08. The van der Waals surface area contributed by atoms with Gasteiger partial charge >= 0.3 is 5.97 Å². The van der Waals surface area contributed by atoms with Crippen LogP contribution in [0.5, 0.6) is 0 Å². The molecule has 7 heteroatoms. The summed E-state index contributed by atoms with van der Waals surface area (Å²) in [5.41, 5.74) is 6.76. The Morgan fingerprint density at radius 2 is 1.62 bits per heavy atom. The van der Waals surface area contributed by atoms with Crippen molar-refractivity contribution in [2.24, 2.45) is 0 Å². The molecule has 0 saturated carbocycles. The van der Waals surface area contributed by atoms with Gasteiger partial charge in [0.25, 0.3) is 10.1 Å². The summed E-state index contributed by atoms with van der Waals surface area (Å²) < 4.78 is 34.1. The van der Waals surface area contributed by atoms with Gasteiger partial charge in [0, 0.05) is 5.69 Å². The average Bonchev–Trinajstić information content (AvgIpc) is 2.62. The van der Waals surface area contributed by atoms with Crippen LogP contribution < -0.4 is 5.73 Å². The Labute approximate surface area is 152 Å². The third kappa shape index (κ3) is 5.30. The van der Waals surface area contributed by atoms with E-state index in [2.05, 4.69) is 4.74 Å². The van der Waals surface area contributed by atoms with Crippen LogP contribution in [0.25, 0.3) is 10.8 Å². The van der Waals surface area contributed by atoms with Gasteiger partial charge in [-0.05, 0) is 40.6 Å². The number of fused-ring (bicyclic) bond motifs is 1. The van der Waals surface area contributed by atoms with Crippen LogP contribution in [0.2, 0.25) is 0 Å². The van der Waals surface area contributed by atoms with Gasteiger partial charge in [-0.2, -0.15) is 8.42 Å².